The van der Waals surface area contributed by atoms with Crippen LogP contribution in [0.3, 0.4) is 0 Å². The first-order valence-electron chi connectivity index (χ1n) is 6.85. The van der Waals surface area contributed by atoms with E-state index in [1.165, 1.54) is 7.11 Å². The van der Waals surface area contributed by atoms with E-state index in [0.717, 1.165) is 12.8 Å². The molecule has 1 N–H and O–H groups in total. The molecule has 2 unspecified atom stereocenters. The Morgan fingerprint density at radius 1 is 1.32 bits per heavy atom. The third kappa shape index (κ3) is 2.48. The highest BCUT2D eigenvalue weighted by atomic mass is 19.1. The Bertz CT molecular complexity index is 470. The molecule has 106 valence electrons. The molecule has 19 heavy (non-hydrogen) atoms. The van der Waals surface area contributed by atoms with Crippen molar-refractivity contribution in [1.82, 2.24) is 0 Å². The topological polar surface area (TPSA) is 29.5 Å². The molecule has 2 atom stereocenters. The van der Waals surface area contributed by atoms with E-state index >= 15 is 0 Å². The fourth-order valence-corrected chi connectivity index (χ4v) is 3.28. The van der Waals surface area contributed by atoms with Crippen LogP contribution in [-0.4, -0.2) is 12.2 Å². The summed E-state index contributed by atoms with van der Waals surface area (Å²) < 4.78 is 19.4. The van der Waals surface area contributed by atoms with Crippen LogP contribution in [0.5, 0.6) is 5.75 Å². The lowest BCUT2D eigenvalue weighted by Gasteiger charge is -2.45. The minimum Gasteiger partial charge on any atom is -0.494 e. The molecule has 0 spiro atoms. The van der Waals surface area contributed by atoms with Crippen LogP contribution in [-0.2, 0) is 5.60 Å². The van der Waals surface area contributed by atoms with Gasteiger partial charge in [0.05, 0.1) is 12.7 Å². The fourth-order valence-electron chi connectivity index (χ4n) is 3.28. The van der Waals surface area contributed by atoms with E-state index in [-0.39, 0.29) is 17.1 Å². The van der Waals surface area contributed by atoms with E-state index in [9.17, 15) is 9.50 Å². The van der Waals surface area contributed by atoms with Gasteiger partial charge < -0.3 is 9.84 Å². The molecule has 1 aliphatic rings. The predicted molar refractivity (Wildman–Crippen MR) is 73.6 cm³/mol. The Kier molecular flexibility index (Phi) is 3.61. The van der Waals surface area contributed by atoms with Gasteiger partial charge in [0.2, 0.25) is 0 Å². The molecular formula is C16H23FO2. The molecule has 2 rings (SSSR count). The number of aliphatic hydroxyl groups is 1. The predicted octanol–water partition coefficient (Wildman–Crippen LogP) is 3.87. The highest BCUT2D eigenvalue weighted by Gasteiger charge is 2.45. The molecule has 2 nitrogen and oxygen atoms in total. The summed E-state index contributed by atoms with van der Waals surface area (Å²) in [6.07, 6.45) is 2.37. The Labute approximate surface area is 114 Å². The molecule has 0 aliphatic heterocycles. The number of rotatable bonds is 2. The summed E-state index contributed by atoms with van der Waals surface area (Å²) in [6.45, 7) is 6.40. The highest BCUT2D eigenvalue weighted by molar-refractivity contribution is 5.35. The lowest BCUT2D eigenvalue weighted by atomic mass is 9.63. The van der Waals surface area contributed by atoms with Crippen LogP contribution in [0.4, 0.5) is 4.39 Å². The molecule has 0 aromatic heterocycles. The second kappa shape index (κ2) is 4.78. The lowest BCUT2D eigenvalue weighted by molar-refractivity contribution is -0.0793. The van der Waals surface area contributed by atoms with Crippen LogP contribution in [0.1, 0.15) is 45.6 Å². The zero-order valence-corrected chi connectivity index (χ0v) is 12.2. The number of halogens is 1. The quantitative estimate of drug-likeness (QED) is 0.880. The van der Waals surface area contributed by atoms with E-state index < -0.39 is 11.4 Å². The summed E-state index contributed by atoms with van der Waals surface area (Å²) in [5.41, 5.74) is -0.510. The van der Waals surface area contributed by atoms with Gasteiger partial charge in [-0.1, -0.05) is 32.9 Å². The molecule has 0 heterocycles. The minimum absolute atomic E-state index is 0.0258. The number of methoxy groups -OCH3 is 1. The zero-order valence-electron chi connectivity index (χ0n) is 12.2. The molecule has 1 aromatic carbocycles. The first-order chi connectivity index (χ1) is 8.80. The number of ether oxygens (including phenoxy) is 1. The van der Waals surface area contributed by atoms with Crippen molar-refractivity contribution in [1.29, 1.82) is 0 Å². The van der Waals surface area contributed by atoms with Crippen molar-refractivity contribution in [3.05, 3.63) is 29.6 Å². The van der Waals surface area contributed by atoms with E-state index in [0.29, 0.717) is 12.0 Å². The minimum atomic E-state index is -1.09. The van der Waals surface area contributed by atoms with Crippen molar-refractivity contribution in [2.45, 2.75) is 45.6 Å². The van der Waals surface area contributed by atoms with Crippen molar-refractivity contribution in [3.63, 3.8) is 0 Å². The SMILES string of the molecule is COc1cccc(C2(O)CCC(C)(C)CC2C)c1F. The van der Waals surface area contributed by atoms with Gasteiger partial charge in [-0.05, 0) is 36.7 Å². The van der Waals surface area contributed by atoms with Crippen LogP contribution >= 0.6 is 0 Å². The molecule has 1 aliphatic carbocycles. The summed E-state index contributed by atoms with van der Waals surface area (Å²) in [4.78, 5) is 0. The molecule has 1 fully saturated rings. The number of hydrogen-bond acceptors (Lipinski definition) is 2. The lowest BCUT2D eigenvalue weighted by Crippen LogP contribution is -2.42. The maximum absolute atomic E-state index is 14.4. The van der Waals surface area contributed by atoms with Gasteiger partial charge in [0.1, 0.15) is 0 Å². The summed E-state index contributed by atoms with van der Waals surface area (Å²) in [7, 11) is 1.44. The van der Waals surface area contributed by atoms with Crippen LogP contribution in [0, 0.1) is 17.2 Å². The van der Waals surface area contributed by atoms with Crippen molar-refractivity contribution in [3.8, 4) is 5.75 Å². The third-order valence-electron chi connectivity index (χ3n) is 4.51. The van der Waals surface area contributed by atoms with E-state index in [1.54, 1.807) is 18.2 Å². The molecule has 1 aromatic rings. The average Bonchev–Trinajstić information content (AvgIpc) is 2.34. The Morgan fingerprint density at radius 2 is 2.00 bits per heavy atom. The highest BCUT2D eigenvalue weighted by Crippen LogP contribution is 2.49. The van der Waals surface area contributed by atoms with Gasteiger partial charge in [0, 0.05) is 5.56 Å². The van der Waals surface area contributed by atoms with E-state index in [1.807, 2.05) is 6.92 Å². The van der Waals surface area contributed by atoms with Gasteiger partial charge in [-0.2, -0.15) is 0 Å². The Morgan fingerprint density at radius 3 is 2.58 bits per heavy atom. The summed E-state index contributed by atoms with van der Waals surface area (Å²) in [6, 6.07) is 4.99. The Hall–Kier alpha value is -1.09. The van der Waals surface area contributed by atoms with E-state index in [4.69, 9.17) is 4.74 Å². The van der Waals surface area contributed by atoms with Gasteiger partial charge >= 0.3 is 0 Å². The number of hydrogen-bond donors (Lipinski definition) is 1. The van der Waals surface area contributed by atoms with Crippen molar-refractivity contribution < 1.29 is 14.2 Å². The fraction of sp³-hybridized carbons (Fsp3) is 0.625. The van der Waals surface area contributed by atoms with Gasteiger partial charge in [0.25, 0.3) is 0 Å². The zero-order chi connectivity index (χ0) is 14.3. The van der Waals surface area contributed by atoms with E-state index in [2.05, 4.69) is 13.8 Å². The second-order valence-electron chi connectivity index (χ2n) is 6.52. The molecule has 3 heteroatoms. The molecule has 1 saturated carbocycles. The maximum Gasteiger partial charge on any atom is 0.171 e. The summed E-state index contributed by atoms with van der Waals surface area (Å²) in [5, 5.41) is 10.9. The van der Waals surface area contributed by atoms with Crippen LogP contribution < -0.4 is 4.74 Å². The first kappa shape index (κ1) is 14.3. The van der Waals surface area contributed by atoms with Gasteiger partial charge in [-0.15, -0.1) is 0 Å². The average molecular weight is 266 g/mol. The number of benzene rings is 1. The second-order valence-corrected chi connectivity index (χ2v) is 6.52. The van der Waals surface area contributed by atoms with Crippen LogP contribution in [0.15, 0.2) is 18.2 Å². The molecule has 0 bridgehead atoms. The summed E-state index contributed by atoms with van der Waals surface area (Å²) >= 11 is 0. The van der Waals surface area contributed by atoms with Gasteiger partial charge in [0.15, 0.2) is 11.6 Å². The third-order valence-corrected chi connectivity index (χ3v) is 4.51. The first-order valence-corrected chi connectivity index (χ1v) is 6.85. The van der Waals surface area contributed by atoms with Gasteiger partial charge in [-0.3, -0.25) is 0 Å². The largest absolute Gasteiger partial charge is 0.494 e. The molecule has 0 saturated heterocycles. The Balaban J connectivity index is 2.41. The smallest absolute Gasteiger partial charge is 0.171 e. The molecular weight excluding hydrogens is 243 g/mol. The van der Waals surface area contributed by atoms with Crippen LogP contribution in [0.25, 0.3) is 0 Å². The van der Waals surface area contributed by atoms with Crippen molar-refractivity contribution in [2.75, 3.05) is 7.11 Å². The van der Waals surface area contributed by atoms with Crippen molar-refractivity contribution in [2.24, 2.45) is 11.3 Å². The normalized spacial score (nSPS) is 30.1. The standard InChI is InChI=1S/C16H23FO2/c1-11-10-15(2,3)8-9-16(11,18)12-6-5-7-13(19-4)14(12)17/h5-7,11,18H,8-10H2,1-4H3. The van der Waals surface area contributed by atoms with Crippen LogP contribution in [0.2, 0.25) is 0 Å². The van der Waals surface area contributed by atoms with Crippen molar-refractivity contribution >= 4 is 0 Å². The monoisotopic (exact) mass is 266 g/mol. The maximum atomic E-state index is 14.4. The van der Waals surface area contributed by atoms with Gasteiger partial charge in [-0.25, -0.2) is 4.39 Å². The molecule has 0 amide bonds. The summed E-state index contributed by atoms with van der Waals surface area (Å²) in [5.74, 6) is -0.208. The molecule has 0 radical (unpaired) electrons.